The predicted molar refractivity (Wildman–Crippen MR) is 36.3 cm³/mol. The van der Waals surface area contributed by atoms with Gasteiger partial charge in [0.2, 0.25) is 0 Å². The van der Waals surface area contributed by atoms with Crippen LogP contribution in [0, 0.1) is 0 Å². The molecular weight excluding hydrogens is 154 g/mol. The second kappa shape index (κ2) is 2.66. The second-order valence-electron chi connectivity index (χ2n) is 1.57. The first-order valence-electron chi connectivity index (χ1n) is 2.50. The number of carbonyl (C=O) groups excluding carboxylic acids is 1. The first-order valence-corrected chi connectivity index (χ1v) is 3.38. The Labute approximate surface area is 60.6 Å². The highest BCUT2D eigenvalue weighted by Gasteiger charge is 2.09. The summed E-state index contributed by atoms with van der Waals surface area (Å²) < 4.78 is 6.69. The topological polar surface area (TPSA) is 59.2 Å². The van der Waals surface area contributed by atoms with Crippen LogP contribution in [0.1, 0.15) is 10.4 Å². The van der Waals surface area contributed by atoms with Crippen molar-refractivity contribution >= 4 is 17.5 Å². The lowest BCUT2D eigenvalue weighted by atomic mass is 10.4. The number of aromatic nitrogens is 1. The van der Waals surface area contributed by atoms with Crippen molar-refractivity contribution in [3.8, 4) is 0 Å². The van der Waals surface area contributed by atoms with Gasteiger partial charge in [-0.15, -0.1) is 0 Å². The molecule has 0 spiro atoms. The number of rotatable bonds is 1. The van der Waals surface area contributed by atoms with E-state index in [0.717, 1.165) is 11.5 Å². The fraction of sp³-hybridized carbons (Fsp3) is 0.200. The van der Waals surface area contributed by atoms with Crippen molar-refractivity contribution < 1.29 is 9.53 Å². The summed E-state index contributed by atoms with van der Waals surface area (Å²) in [6.07, 6.45) is 0. The van der Waals surface area contributed by atoms with Gasteiger partial charge >= 0.3 is 5.97 Å². The number of hydrogen-bond donors (Lipinski definition) is 1. The minimum absolute atomic E-state index is 0.0625. The van der Waals surface area contributed by atoms with Crippen LogP contribution in [0.3, 0.4) is 0 Å². The standard InChI is InChI=1S/C5H5NO3S/c1-9-5(8)3-2-10-6-4(3)7/h2H,1H3,(H,6,7). The van der Waals surface area contributed by atoms with Crippen LogP contribution in [-0.4, -0.2) is 17.5 Å². The van der Waals surface area contributed by atoms with Crippen LogP contribution in [-0.2, 0) is 4.74 Å². The Balaban J connectivity index is 3.05. The first-order chi connectivity index (χ1) is 4.75. The molecule has 0 saturated heterocycles. The molecule has 0 fully saturated rings. The van der Waals surface area contributed by atoms with Crippen LogP contribution in [0.5, 0.6) is 0 Å². The van der Waals surface area contributed by atoms with Crippen LogP contribution in [0.15, 0.2) is 10.2 Å². The zero-order valence-corrected chi connectivity index (χ0v) is 6.03. The quantitative estimate of drug-likeness (QED) is 0.596. The lowest BCUT2D eigenvalue weighted by Gasteiger charge is -1.89. The second-order valence-corrected chi connectivity index (χ2v) is 2.25. The molecule has 0 amide bonds. The summed E-state index contributed by atoms with van der Waals surface area (Å²) in [6, 6.07) is 0. The summed E-state index contributed by atoms with van der Waals surface area (Å²) in [5.41, 5.74) is -0.329. The molecule has 1 rings (SSSR count). The van der Waals surface area contributed by atoms with Crippen LogP contribution in [0.25, 0.3) is 0 Å². The normalized spacial score (nSPS) is 9.30. The van der Waals surface area contributed by atoms with Crippen molar-refractivity contribution in [2.24, 2.45) is 0 Å². The van der Waals surface area contributed by atoms with Gasteiger partial charge in [-0.05, 0) is 0 Å². The molecule has 10 heavy (non-hydrogen) atoms. The van der Waals surface area contributed by atoms with E-state index < -0.39 is 11.5 Å². The Hall–Kier alpha value is -1.10. The molecule has 0 saturated carbocycles. The van der Waals surface area contributed by atoms with Gasteiger partial charge in [-0.3, -0.25) is 9.17 Å². The van der Waals surface area contributed by atoms with Gasteiger partial charge in [0.25, 0.3) is 5.56 Å². The summed E-state index contributed by atoms with van der Waals surface area (Å²) in [5, 5.41) is 1.42. The lowest BCUT2D eigenvalue weighted by molar-refractivity contribution is 0.0599. The molecule has 0 aliphatic heterocycles. The largest absolute Gasteiger partial charge is 0.465 e. The number of aromatic amines is 1. The van der Waals surface area contributed by atoms with Crippen LogP contribution >= 0.6 is 11.5 Å². The zero-order valence-electron chi connectivity index (χ0n) is 5.21. The van der Waals surface area contributed by atoms with Crippen molar-refractivity contribution in [2.75, 3.05) is 7.11 Å². The fourth-order valence-electron chi connectivity index (χ4n) is 0.501. The Morgan fingerprint density at radius 1 is 1.80 bits per heavy atom. The molecule has 0 aromatic carbocycles. The van der Waals surface area contributed by atoms with Gasteiger partial charge in [0.15, 0.2) is 0 Å². The van der Waals surface area contributed by atoms with Gasteiger partial charge in [-0.1, -0.05) is 11.5 Å². The molecule has 0 unspecified atom stereocenters. The third kappa shape index (κ3) is 1.08. The van der Waals surface area contributed by atoms with E-state index in [4.69, 9.17) is 0 Å². The van der Waals surface area contributed by atoms with E-state index in [1.54, 1.807) is 0 Å². The van der Waals surface area contributed by atoms with E-state index in [2.05, 4.69) is 9.11 Å². The maximum Gasteiger partial charge on any atom is 0.344 e. The molecule has 0 aliphatic carbocycles. The molecule has 1 aromatic heterocycles. The smallest absolute Gasteiger partial charge is 0.344 e. The summed E-state index contributed by atoms with van der Waals surface area (Å²) in [4.78, 5) is 21.3. The minimum atomic E-state index is -0.595. The SMILES string of the molecule is COC(=O)c1cs[nH]c1=O. The molecule has 0 bridgehead atoms. The van der Waals surface area contributed by atoms with E-state index in [1.807, 2.05) is 0 Å². The van der Waals surface area contributed by atoms with E-state index in [9.17, 15) is 9.59 Å². The minimum Gasteiger partial charge on any atom is -0.465 e. The first kappa shape index (κ1) is 7.01. The molecule has 0 radical (unpaired) electrons. The highest BCUT2D eigenvalue weighted by atomic mass is 32.1. The molecule has 1 N–H and O–H groups in total. The molecule has 1 heterocycles. The average molecular weight is 159 g/mol. The number of hydrogen-bond acceptors (Lipinski definition) is 4. The maximum absolute atomic E-state index is 10.7. The van der Waals surface area contributed by atoms with Gasteiger partial charge in [-0.25, -0.2) is 4.79 Å². The summed E-state index contributed by atoms with van der Waals surface area (Å²) >= 11 is 1.07. The van der Waals surface area contributed by atoms with Crippen molar-refractivity contribution in [2.45, 2.75) is 0 Å². The van der Waals surface area contributed by atoms with Gasteiger partial charge in [0.05, 0.1) is 7.11 Å². The number of esters is 1. The zero-order chi connectivity index (χ0) is 7.56. The fourth-order valence-corrected chi connectivity index (χ4v) is 1.10. The van der Waals surface area contributed by atoms with Gasteiger partial charge in [-0.2, -0.15) is 0 Å². The van der Waals surface area contributed by atoms with Crippen molar-refractivity contribution in [3.05, 3.63) is 21.3 Å². The van der Waals surface area contributed by atoms with Crippen molar-refractivity contribution in [3.63, 3.8) is 0 Å². The predicted octanol–water partition coefficient (Wildman–Crippen LogP) is 0.223. The molecule has 4 nitrogen and oxygen atoms in total. The van der Waals surface area contributed by atoms with Crippen LogP contribution < -0.4 is 5.56 Å². The highest BCUT2D eigenvalue weighted by Crippen LogP contribution is 1.95. The number of methoxy groups -OCH3 is 1. The Morgan fingerprint density at radius 2 is 2.50 bits per heavy atom. The summed E-state index contributed by atoms with van der Waals surface area (Å²) in [5.74, 6) is -0.595. The Bertz CT molecular complexity index is 287. The third-order valence-electron chi connectivity index (χ3n) is 0.978. The molecule has 0 aliphatic rings. The van der Waals surface area contributed by atoms with E-state index in [0.29, 0.717) is 0 Å². The molecular formula is C5H5NO3S. The van der Waals surface area contributed by atoms with Crippen molar-refractivity contribution in [1.82, 2.24) is 4.37 Å². The van der Waals surface area contributed by atoms with Gasteiger partial charge in [0, 0.05) is 5.38 Å². The maximum atomic E-state index is 10.7. The van der Waals surface area contributed by atoms with Crippen molar-refractivity contribution in [1.29, 1.82) is 0 Å². The summed E-state index contributed by atoms with van der Waals surface area (Å²) in [6.45, 7) is 0. The summed E-state index contributed by atoms with van der Waals surface area (Å²) in [7, 11) is 1.24. The lowest BCUT2D eigenvalue weighted by Crippen LogP contribution is -2.12. The van der Waals surface area contributed by atoms with Crippen LogP contribution in [0.4, 0.5) is 0 Å². The van der Waals surface area contributed by atoms with E-state index >= 15 is 0 Å². The third-order valence-corrected chi connectivity index (χ3v) is 1.64. The molecule has 0 atom stereocenters. The highest BCUT2D eigenvalue weighted by molar-refractivity contribution is 7.03. The Kier molecular flexibility index (Phi) is 1.86. The molecule has 54 valence electrons. The Morgan fingerprint density at radius 3 is 2.90 bits per heavy atom. The number of carbonyl (C=O) groups is 1. The van der Waals surface area contributed by atoms with E-state index in [1.165, 1.54) is 12.5 Å². The number of nitrogens with one attached hydrogen (secondary N) is 1. The molecule has 1 aromatic rings. The van der Waals surface area contributed by atoms with Crippen LogP contribution in [0.2, 0.25) is 0 Å². The number of H-pyrrole nitrogens is 1. The van der Waals surface area contributed by atoms with Gasteiger partial charge in [0.1, 0.15) is 5.56 Å². The van der Waals surface area contributed by atoms with Gasteiger partial charge < -0.3 is 4.74 Å². The molecule has 5 heteroatoms. The monoisotopic (exact) mass is 159 g/mol. The van der Waals surface area contributed by atoms with E-state index in [-0.39, 0.29) is 5.56 Å². The number of ether oxygens (including phenoxy) is 1. The average Bonchev–Trinajstić information content (AvgIpc) is 2.34.